The Bertz CT molecular complexity index is 715. The van der Waals surface area contributed by atoms with Gasteiger partial charge in [0.2, 0.25) is 6.29 Å². The van der Waals surface area contributed by atoms with E-state index in [2.05, 4.69) is 32.6 Å². The van der Waals surface area contributed by atoms with E-state index < -0.39 is 12.3 Å². The van der Waals surface area contributed by atoms with Crippen molar-refractivity contribution in [3.63, 3.8) is 0 Å². The van der Waals surface area contributed by atoms with Crippen molar-refractivity contribution >= 4 is 5.97 Å². The summed E-state index contributed by atoms with van der Waals surface area (Å²) in [6.45, 7) is 9.36. The third-order valence-electron chi connectivity index (χ3n) is 4.14. The highest BCUT2D eigenvalue weighted by molar-refractivity contribution is 5.81. The molecule has 2 aromatic carbocycles. The van der Waals surface area contributed by atoms with E-state index in [-0.39, 0.29) is 5.41 Å². The van der Waals surface area contributed by atoms with Gasteiger partial charge in [0.25, 0.3) is 0 Å². The van der Waals surface area contributed by atoms with E-state index in [9.17, 15) is 4.79 Å². The molecular weight excluding hydrogens is 316 g/mol. The SMILES string of the molecule is C=CC(=O)OC(C)Oc1ccc(C(C)(C)c2ccc(OC)cc2)cc1. The lowest BCUT2D eigenvalue weighted by Gasteiger charge is -2.26. The molecule has 0 aromatic heterocycles. The lowest BCUT2D eigenvalue weighted by atomic mass is 9.78. The molecule has 0 fully saturated rings. The summed E-state index contributed by atoms with van der Waals surface area (Å²) in [5, 5.41) is 0. The van der Waals surface area contributed by atoms with Crippen molar-refractivity contribution in [2.75, 3.05) is 7.11 Å². The van der Waals surface area contributed by atoms with E-state index in [1.54, 1.807) is 14.0 Å². The number of carbonyl (C=O) groups excluding carboxylic acids is 1. The maximum absolute atomic E-state index is 11.2. The molecule has 4 heteroatoms. The van der Waals surface area contributed by atoms with Crippen LogP contribution in [0.4, 0.5) is 0 Å². The Balaban J connectivity index is 2.11. The summed E-state index contributed by atoms with van der Waals surface area (Å²) in [6, 6.07) is 15.8. The van der Waals surface area contributed by atoms with Gasteiger partial charge in [0, 0.05) is 18.4 Å². The molecule has 2 rings (SSSR count). The Morgan fingerprint density at radius 3 is 1.92 bits per heavy atom. The molecule has 0 radical (unpaired) electrons. The fraction of sp³-hybridized carbons (Fsp3) is 0.286. The van der Waals surface area contributed by atoms with Crippen LogP contribution in [0.5, 0.6) is 11.5 Å². The molecule has 0 bridgehead atoms. The van der Waals surface area contributed by atoms with Crippen LogP contribution in [0.25, 0.3) is 0 Å². The Morgan fingerprint density at radius 2 is 1.48 bits per heavy atom. The summed E-state index contributed by atoms with van der Waals surface area (Å²) < 4.78 is 15.8. The molecule has 132 valence electrons. The molecule has 0 N–H and O–H groups in total. The number of ether oxygens (including phenoxy) is 3. The third-order valence-corrected chi connectivity index (χ3v) is 4.14. The van der Waals surface area contributed by atoms with Crippen LogP contribution in [0.1, 0.15) is 31.9 Å². The van der Waals surface area contributed by atoms with E-state index in [1.165, 1.54) is 5.56 Å². The molecule has 0 heterocycles. The van der Waals surface area contributed by atoms with Gasteiger partial charge in [-0.25, -0.2) is 4.79 Å². The largest absolute Gasteiger partial charge is 0.497 e. The molecule has 0 aliphatic carbocycles. The molecule has 2 aromatic rings. The van der Waals surface area contributed by atoms with Gasteiger partial charge in [0.15, 0.2) is 0 Å². The first-order valence-electron chi connectivity index (χ1n) is 8.11. The highest BCUT2D eigenvalue weighted by Gasteiger charge is 2.23. The van der Waals surface area contributed by atoms with Crippen molar-refractivity contribution in [3.8, 4) is 11.5 Å². The van der Waals surface area contributed by atoms with Gasteiger partial charge in [0.1, 0.15) is 11.5 Å². The zero-order valence-electron chi connectivity index (χ0n) is 15.1. The minimum atomic E-state index is -0.675. The van der Waals surface area contributed by atoms with E-state index in [1.807, 2.05) is 36.4 Å². The Morgan fingerprint density at radius 1 is 1.00 bits per heavy atom. The Hall–Kier alpha value is -2.75. The monoisotopic (exact) mass is 340 g/mol. The fourth-order valence-electron chi connectivity index (χ4n) is 2.55. The summed E-state index contributed by atoms with van der Waals surface area (Å²) in [5.41, 5.74) is 2.18. The number of hydrogen-bond donors (Lipinski definition) is 0. The van der Waals surface area contributed by atoms with Gasteiger partial charge >= 0.3 is 5.97 Å². The molecule has 0 spiro atoms. The molecule has 1 atom stereocenters. The molecule has 0 saturated heterocycles. The summed E-state index contributed by atoms with van der Waals surface area (Å²) >= 11 is 0. The zero-order valence-corrected chi connectivity index (χ0v) is 15.1. The quantitative estimate of drug-likeness (QED) is 0.424. The second-order valence-corrected chi connectivity index (χ2v) is 6.20. The maximum atomic E-state index is 11.2. The van der Waals surface area contributed by atoms with Crippen LogP contribution in [0.15, 0.2) is 61.2 Å². The van der Waals surface area contributed by atoms with Crippen LogP contribution in [0.3, 0.4) is 0 Å². The minimum absolute atomic E-state index is 0.161. The van der Waals surface area contributed by atoms with Crippen LogP contribution in [-0.4, -0.2) is 19.4 Å². The fourth-order valence-corrected chi connectivity index (χ4v) is 2.55. The first-order chi connectivity index (χ1) is 11.9. The van der Waals surface area contributed by atoms with Gasteiger partial charge in [-0.1, -0.05) is 44.7 Å². The molecule has 25 heavy (non-hydrogen) atoms. The molecule has 1 unspecified atom stereocenters. The summed E-state index contributed by atoms with van der Waals surface area (Å²) in [6.07, 6.45) is 0.436. The van der Waals surface area contributed by atoms with Crippen molar-refractivity contribution in [1.29, 1.82) is 0 Å². The number of hydrogen-bond acceptors (Lipinski definition) is 4. The van der Waals surface area contributed by atoms with Gasteiger partial charge in [-0.05, 0) is 35.4 Å². The minimum Gasteiger partial charge on any atom is -0.497 e. The normalized spacial score (nSPS) is 12.2. The molecule has 0 aliphatic heterocycles. The first kappa shape index (κ1) is 18.6. The Labute approximate surface area is 149 Å². The van der Waals surface area contributed by atoms with Gasteiger partial charge in [-0.2, -0.15) is 0 Å². The van der Waals surface area contributed by atoms with Crippen molar-refractivity contribution in [3.05, 3.63) is 72.3 Å². The molecule has 0 amide bonds. The lowest BCUT2D eigenvalue weighted by Crippen LogP contribution is -2.20. The predicted octanol–water partition coefficient (Wildman–Crippen LogP) is 4.48. The average Bonchev–Trinajstić information content (AvgIpc) is 2.62. The predicted molar refractivity (Wildman–Crippen MR) is 97.9 cm³/mol. The van der Waals surface area contributed by atoms with Gasteiger partial charge < -0.3 is 14.2 Å². The summed E-state index contributed by atoms with van der Waals surface area (Å²) in [4.78, 5) is 11.2. The van der Waals surface area contributed by atoms with Crippen molar-refractivity contribution in [1.82, 2.24) is 0 Å². The number of esters is 1. The summed E-state index contributed by atoms with van der Waals surface area (Å²) in [5.74, 6) is 0.967. The van der Waals surface area contributed by atoms with E-state index >= 15 is 0 Å². The van der Waals surface area contributed by atoms with Gasteiger partial charge in [-0.15, -0.1) is 0 Å². The zero-order chi connectivity index (χ0) is 18.4. The standard InChI is InChI=1S/C21H24O4/c1-6-20(22)25-15(2)24-19-13-9-17(10-14-19)21(3,4)16-7-11-18(23-5)12-8-16/h6-15H,1H2,2-5H3. The topological polar surface area (TPSA) is 44.8 Å². The lowest BCUT2D eigenvalue weighted by molar-refractivity contribution is -0.154. The second-order valence-electron chi connectivity index (χ2n) is 6.20. The molecule has 0 aliphatic rings. The molecule has 0 saturated carbocycles. The van der Waals surface area contributed by atoms with E-state index in [4.69, 9.17) is 14.2 Å². The van der Waals surface area contributed by atoms with E-state index in [0.29, 0.717) is 5.75 Å². The van der Waals surface area contributed by atoms with Crippen LogP contribution in [0.2, 0.25) is 0 Å². The van der Waals surface area contributed by atoms with Crippen LogP contribution < -0.4 is 9.47 Å². The Kier molecular flexibility index (Phi) is 5.86. The number of benzene rings is 2. The van der Waals surface area contributed by atoms with E-state index in [0.717, 1.165) is 17.4 Å². The molecular formula is C21H24O4. The van der Waals surface area contributed by atoms with Crippen LogP contribution in [0, 0.1) is 0 Å². The highest BCUT2D eigenvalue weighted by Crippen LogP contribution is 2.33. The number of carbonyl (C=O) groups is 1. The first-order valence-corrected chi connectivity index (χ1v) is 8.11. The number of rotatable bonds is 7. The van der Waals surface area contributed by atoms with Gasteiger partial charge in [0.05, 0.1) is 7.11 Å². The highest BCUT2D eigenvalue weighted by atomic mass is 16.7. The maximum Gasteiger partial charge on any atom is 0.333 e. The third kappa shape index (κ3) is 4.63. The van der Waals surface area contributed by atoms with Crippen LogP contribution in [-0.2, 0) is 14.9 Å². The van der Waals surface area contributed by atoms with Crippen LogP contribution >= 0.6 is 0 Å². The summed E-state index contributed by atoms with van der Waals surface area (Å²) in [7, 11) is 1.66. The second kappa shape index (κ2) is 7.88. The smallest absolute Gasteiger partial charge is 0.333 e. The molecule has 4 nitrogen and oxygen atoms in total. The number of methoxy groups -OCH3 is 1. The van der Waals surface area contributed by atoms with Crippen molar-refractivity contribution in [2.45, 2.75) is 32.5 Å². The van der Waals surface area contributed by atoms with Crippen molar-refractivity contribution < 1.29 is 19.0 Å². The van der Waals surface area contributed by atoms with Crippen molar-refractivity contribution in [2.24, 2.45) is 0 Å². The average molecular weight is 340 g/mol. The van der Waals surface area contributed by atoms with Gasteiger partial charge in [-0.3, -0.25) is 0 Å².